The minimum atomic E-state index is -0.311. The summed E-state index contributed by atoms with van der Waals surface area (Å²) in [7, 11) is 1.69. The van der Waals surface area contributed by atoms with Crippen LogP contribution < -0.4 is 4.74 Å². The van der Waals surface area contributed by atoms with E-state index in [1.807, 2.05) is 25.5 Å². The summed E-state index contributed by atoms with van der Waals surface area (Å²) in [6.45, 7) is 10.4. The van der Waals surface area contributed by atoms with Crippen LogP contribution in [0.2, 0.25) is 0 Å². The van der Waals surface area contributed by atoms with E-state index in [9.17, 15) is 4.79 Å². The molecule has 0 spiro atoms. The lowest BCUT2D eigenvalue weighted by Crippen LogP contribution is -2.34. The number of allylic oxidation sites excluding steroid dienone is 1. The molecule has 1 aromatic carbocycles. The summed E-state index contributed by atoms with van der Waals surface area (Å²) < 4.78 is 11.0. The van der Waals surface area contributed by atoms with E-state index in [1.54, 1.807) is 18.9 Å². The number of ether oxygens (including phenoxy) is 2. The zero-order valence-corrected chi connectivity index (χ0v) is 17.5. The van der Waals surface area contributed by atoms with Crippen molar-refractivity contribution in [2.45, 2.75) is 46.6 Å². The Morgan fingerprint density at radius 2 is 2.07 bits per heavy atom. The number of esters is 1. The molecule has 0 radical (unpaired) electrons. The van der Waals surface area contributed by atoms with Crippen molar-refractivity contribution in [2.24, 2.45) is 4.99 Å². The third kappa shape index (κ3) is 3.50. The van der Waals surface area contributed by atoms with Crippen LogP contribution in [0.4, 0.5) is 0 Å². The molecular weight excluding hydrogens is 360 g/mol. The van der Waals surface area contributed by atoms with Crippen molar-refractivity contribution < 1.29 is 14.3 Å². The summed E-state index contributed by atoms with van der Waals surface area (Å²) in [5.74, 6) is 0.866. The molecule has 5 nitrogen and oxygen atoms in total. The van der Waals surface area contributed by atoms with Crippen LogP contribution in [0.5, 0.6) is 5.75 Å². The van der Waals surface area contributed by atoms with Crippen LogP contribution in [0.1, 0.15) is 56.3 Å². The smallest absolute Gasteiger partial charge is 0.338 e. The Bertz CT molecular complexity index is 855. The van der Waals surface area contributed by atoms with Crippen LogP contribution in [-0.4, -0.2) is 29.8 Å². The van der Waals surface area contributed by atoms with Gasteiger partial charge in [0.05, 0.1) is 31.0 Å². The predicted molar refractivity (Wildman–Crippen MR) is 110 cm³/mol. The highest BCUT2D eigenvalue weighted by atomic mass is 32.2. The van der Waals surface area contributed by atoms with Gasteiger partial charge in [0.15, 0.2) is 5.17 Å². The van der Waals surface area contributed by atoms with E-state index < -0.39 is 0 Å². The molecule has 0 amide bonds. The first-order valence-electron chi connectivity index (χ1n) is 9.15. The van der Waals surface area contributed by atoms with Crippen molar-refractivity contribution >= 4 is 22.9 Å². The highest BCUT2D eigenvalue weighted by Crippen LogP contribution is 2.43. The van der Waals surface area contributed by atoms with Gasteiger partial charge in [-0.15, -0.1) is 0 Å². The molecule has 0 aliphatic carbocycles. The van der Waals surface area contributed by atoms with Gasteiger partial charge in [0.2, 0.25) is 0 Å². The number of hydrogen-bond acceptors (Lipinski definition) is 6. The number of aryl methyl sites for hydroxylation is 1. The second-order valence-electron chi connectivity index (χ2n) is 6.93. The number of aliphatic imine (C=N–C) groups is 1. The van der Waals surface area contributed by atoms with Gasteiger partial charge < -0.3 is 14.4 Å². The van der Waals surface area contributed by atoms with Crippen molar-refractivity contribution in [3.63, 3.8) is 0 Å². The lowest BCUT2D eigenvalue weighted by Gasteiger charge is -2.34. The summed E-state index contributed by atoms with van der Waals surface area (Å²) in [5, 5.41) is 2.88. The molecule has 0 N–H and O–H groups in total. The summed E-state index contributed by atoms with van der Waals surface area (Å²) in [6.07, 6.45) is 1.98. The number of carbonyl (C=O) groups excluding carboxylic acids is 1. The standard InChI is InChI=1S/C21H26N2O3S/c1-7-26-20(24)18-14(5)22-21-23(8-9-27-21)19(18)16-11-15(12(2)3)17(25-6)10-13(16)4/h8-12,19H,7H2,1-6H3/t19-/m0/s1. The summed E-state index contributed by atoms with van der Waals surface area (Å²) in [4.78, 5) is 19.5. The van der Waals surface area contributed by atoms with Crippen LogP contribution in [0.25, 0.3) is 0 Å². The fourth-order valence-corrected chi connectivity index (χ4v) is 4.31. The molecule has 2 aliphatic heterocycles. The Kier molecular flexibility index (Phi) is 5.65. The van der Waals surface area contributed by atoms with Crippen LogP contribution in [0, 0.1) is 6.92 Å². The van der Waals surface area contributed by atoms with Gasteiger partial charge in [-0.05, 0) is 60.9 Å². The van der Waals surface area contributed by atoms with Crippen molar-refractivity contribution in [1.29, 1.82) is 0 Å². The quantitative estimate of drug-likeness (QED) is 0.674. The third-order valence-corrected chi connectivity index (χ3v) is 5.62. The molecule has 27 heavy (non-hydrogen) atoms. The van der Waals surface area contributed by atoms with Gasteiger partial charge >= 0.3 is 5.97 Å². The van der Waals surface area contributed by atoms with E-state index in [0.29, 0.717) is 23.8 Å². The largest absolute Gasteiger partial charge is 0.496 e. The Morgan fingerprint density at radius 1 is 1.33 bits per heavy atom. The first-order valence-corrected chi connectivity index (χ1v) is 10.0. The van der Waals surface area contributed by atoms with Crippen molar-refractivity contribution in [2.75, 3.05) is 13.7 Å². The highest BCUT2D eigenvalue weighted by Gasteiger charge is 2.38. The Hall–Kier alpha value is -2.21. The molecule has 0 bridgehead atoms. The Morgan fingerprint density at radius 3 is 2.70 bits per heavy atom. The zero-order valence-electron chi connectivity index (χ0n) is 16.7. The highest BCUT2D eigenvalue weighted by molar-refractivity contribution is 8.16. The number of benzene rings is 1. The van der Waals surface area contributed by atoms with Crippen molar-refractivity contribution in [3.8, 4) is 5.75 Å². The normalized spacial score (nSPS) is 18.7. The molecule has 0 unspecified atom stereocenters. The fraction of sp³-hybridized carbons (Fsp3) is 0.429. The molecule has 144 valence electrons. The van der Waals surface area contributed by atoms with E-state index in [4.69, 9.17) is 9.47 Å². The molecule has 2 heterocycles. The van der Waals surface area contributed by atoms with E-state index in [2.05, 4.69) is 42.8 Å². The molecule has 0 fully saturated rings. The van der Waals surface area contributed by atoms with Crippen molar-refractivity contribution in [1.82, 2.24) is 4.90 Å². The average molecular weight is 387 g/mol. The number of amidine groups is 1. The number of methoxy groups -OCH3 is 1. The summed E-state index contributed by atoms with van der Waals surface area (Å²) >= 11 is 1.56. The molecule has 1 atom stereocenters. The number of rotatable bonds is 5. The lowest BCUT2D eigenvalue weighted by molar-refractivity contribution is -0.139. The number of carbonyl (C=O) groups is 1. The minimum Gasteiger partial charge on any atom is -0.496 e. The third-order valence-electron chi connectivity index (χ3n) is 4.85. The zero-order chi connectivity index (χ0) is 19.7. The maximum absolute atomic E-state index is 12.8. The molecule has 0 saturated carbocycles. The number of fused-ring (bicyclic) bond motifs is 1. The average Bonchev–Trinajstić information content (AvgIpc) is 3.08. The second-order valence-corrected chi connectivity index (χ2v) is 7.81. The summed E-state index contributed by atoms with van der Waals surface area (Å²) in [5.41, 5.74) is 4.57. The van der Waals surface area contributed by atoms with Gasteiger partial charge in [-0.3, -0.25) is 0 Å². The fourth-order valence-electron chi connectivity index (χ4n) is 3.51. The van der Waals surface area contributed by atoms with Crippen LogP contribution in [0.15, 0.2) is 40.0 Å². The van der Waals surface area contributed by atoms with Gasteiger partial charge in [-0.25, -0.2) is 9.79 Å². The van der Waals surface area contributed by atoms with Gasteiger partial charge in [0.25, 0.3) is 0 Å². The molecule has 2 aliphatic rings. The first kappa shape index (κ1) is 19.5. The van der Waals surface area contributed by atoms with Crippen molar-refractivity contribution in [3.05, 3.63) is 51.7 Å². The number of thioether (sulfide) groups is 1. The maximum atomic E-state index is 12.8. The molecule has 1 aromatic rings. The SMILES string of the molecule is CCOC(=O)C1=C(C)N=C2SC=CN2[C@H]1c1cc(C(C)C)c(OC)cc1C. The van der Waals surface area contributed by atoms with E-state index >= 15 is 0 Å². The van der Waals surface area contributed by atoms with Gasteiger partial charge in [0.1, 0.15) is 5.75 Å². The lowest BCUT2D eigenvalue weighted by atomic mass is 9.88. The molecule has 3 rings (SSSR count). The Balaban J connectivity index is 2.20. The molecule has 0 saturated heterocycles. The topological polar surface area (TPSA) is 51.1 Å². The number of nitrogens with zero attached hydrogens (tertiary/aromatic N) is 2. The molecule has 6 heteroatoms. The van der Waals surface area contributed by atoms with E-state index in [-0.39, 0.29) is 12.0 Å². The second kappa shape index (κ2) is 7.80. The van der Waals surface area contributed by atoms with Gasteiger partial charge in [-0.2, -0.15) is 0 Å². The van der Waals surface area contributed by atoms with Gasteiger partial charge in [-0.1, -0.05) is 25.6 Å². The molecule has 0 aromatic heterocycles. The monoisotopic (exact) mass is 386 g/mol. The predicted octanol–water partition coefficient (Wildman–Crippen LogP) is 4.89. The maximum Gasteiger partial charge on any atom is 0.338 e. The van der Waals surface area contributed by atoms with Crippen LogP contribution in [0.3, 0.4) is 0 Å². The Labute approximate surface area is 165 Å². The first-order chi connectivity index (χ1) is 12.9. The van der Waals surface area contributed by atoms with Crippen LogP contribution >= 0.6 is 11.8 Å². The minimum absolute atomic E-state index is 0.258. The molecular formula is C21H26N2O3S. The number of hydrogen-bond donors (Lipinski definition) is 0. The van der Waals surface area contributed by atoms with E-state index in [0.717, 1.165) is 27.6 Å². The summed E-state index contributed by atoms with van der Waals surface area (Å²) in [6, 6.07) is 3.96. The van der Waals surface area contributed by atoms with Gasteiger partial charge in [0, 0.05) is 6.20 Å². The van der Waals surface area contributed by atoms with E-state index in [1.165, 1.54) is 0 Å². The van der Waals surface area contributed by atoms with Crippen LogP contribution in [-0.2, 0) is 9.53 Å².